The Morgan fingerprint density at radius 1 is 1.50 bits per heavy atom. The topological polar surface area (TPSA) is 49.4 Å². The minimum atomic E-state index is -0.164. The molecule has 1 aliphatic rings. The number of nitrogens with one attached hydrogen (secondary N) is 1. The van der Waals surface area contributed by atoms with Crippen LogP contribution in [0.15, 0.2) is 17.5 Å². The molecule has 1 aliphatic heterocycles. The first-order valence-corrected chi connectivity index (χ1v) is 7.17. The lowest BCUT2D eigenvalue weighted by atomic mass is 10.0. The lowest BCUT2D eigenvalue weighted by Gasteiger charge is -2.33. The van der Waals surface area contributed by atoms with Gasteiger partial charge < -0.3 is 10.2 Å². The van der Waals surface area contributed by atoms with Crippen LogP contribution in [0.4, 0.5) is 0 Å². The second-order valence-electron chi connectivity index (χ2n) is 4.59. The van der Waals surface area contributed by atoms with Gasteiger partial charge in [0.2, 0.25) is 5.91 Å². The molecule has 0 bridgehead atoms. The van der Waals surface area contributed by atoms with Gasteiger partial charge in [0.05, 0.1) is 11.4 Å². The fourth-order valence-electron chi connectivity index (χ4n) is 2.22. The summed E-state index contributed by atoms with van der Waals surface area (Å²) in [5.74, 6) is -0.143. The van der Waals surface area contributed by atoms with Crippen LogP contribution in [0.1, 0.15) is 35.9 Å². The van der Waals surface area contributed by atoms with Crippen LogP contribution in [0.5, 0.6) is 0 Å². The van der Waals surface area contributed by atoms with Crippen LogP contribution in [0, 0.1) is 0 Å². The fraction of sp³-hybridized carbons (Fsp3) is 0.538. The van der Waals surface area contributed by atoms with E-state index in [-0.39, 0.29) is 18.4 Å². The van der Waals surface area contributed by atoms with Gasteiger partial charge in [0, 0.05) is 12.6 Å². The van der Waals surface area contributed by atoms with Gasteiger partial charge in [0.1, 0.15) is 0 Å². The highest BCUT2D eigenvalue weighted by atomic mass is 32.1. The number of hydrogen-bond donors (Lipinski definition) is 1. The molecule has 0 aliphatic carbocycles. The maximum absolute atomic E-state index is 12.0. The second-order valence-corrected chi connectivity index (χ2v) is 5.54. The van der Waals surface area contributed by atoms with E-state index in [1.165, 1.54) is 17.8 Å². The summed E-state index contributed by atoms with van der Waals surface area (Å²) in [6.45, 7) is 2.98. The molecular formula is C13H18N2O2S. The van der Waals surface area contributed by atoms with E-state index in [1.54, 1.807) is 6.07 Å². The van der Waals surface area contributed by atoms with Gasteiger partial charge in [-0.05, 0) is 37.6 Å². The van der Waals surface area contributed by atoms with Gasteiger partial charge in [-0.2, -0.15) is 0 Å². The molecule has 2 amide bonds. The maximum Gasteiger partial charge on any atom is 0.261 e. The van der Waals surface area contributed by atoms with Gasteiger partial charge in [-0.15, -0.1) is 11.3 Å². The van der Waals surface area contributed by atoms with E-state index in [0.717, 1.165) is 19.4 Å². The van der Waals surface area contributed by atoms with Crippen LogP contribution in [0.2, 0.25) is 0 Å². The molecule has 0 saturated carbocycles. The quantitative estimate of drug-likeness (QED) is 0.908. The van der Waals surface area contributed by atoms with E-state index in [4.69, 9.17) is 0 Å². The molecular weight excluding hydrogens is 248 g/mol. The van der Waals surface area contributed by atoms with Crippen molar-refractivity contribution in [3.63, 3.8) is 0 Å². The summed E-state index contributed by atoms with van der Waals surface area (Å²) in [7, 11) is 0. The number of hydrogen-bond acceptors (Lipinski definition) is 3. The summed E-state index contributed by atoms with van der Waals surface area (Å²) in [4.78, 5) is 26.2. The van der Waals surface area contributed by atoms with Crippen LogP contribution < -0.4 is 5.32 Å². The van der Waals surface area contributed by atoms with Crippen molar-refractivity contribution in [3.8, 4) is 0 Å². The molecule has 18 heavy (non-hydrogen) atoms. The third kappa shape index (κ3) is 3.10. The Morgan fingerprint density at radius 3 is 3.00 bits per heavy atom. The molecule has 2 rings (SSSR count). The molecule has 1 aromatic rings. The molecule has 98 valence electrons. The van der Waals surface area contributed by atoms with Gasteiger partial charge in [0.25, 0.3) is 5.91 Å². The van der Waals surface area contributed by atoms with E-state index in [0.29, 0.717) is 10.9 Å². The molecule has 1 unspecified atom stereocenters. The fourth-order valence-corrected chi connectivity index (χ4v) is 2.86. The van der Waals surface area contributed by atoms with E-state index >= 15 is 0 Å². The lowest BCUT2D eigenvalue weighted by Crippen LogP contribution is -2.46. The number of piperidine rings is 1. The smallest absolute Gasteiger partial charge is 0.261 e. The van der Waals surface area contributed by atoms with Crippen molar-refractivity contribution in [2.45, 2.75) is 32.2 Å². The van der Waals surface area contributed by atoms with Gasteiger partial charge >= 0.3 is 0 Å². The predicted octanol–water partition coefficient (Wildman–Crippen LogP) is 1.88. The first kappa shape index (κ1) is 13.1. The number of amides is 2. The summed E-state index contributed by atoms with van der Waals surface area (Å²) in [6, 6.07) is 3.88. The van der Waals surface area contributed by atoms with Crippen LogP contribution >= 0.6 is 11.3 Å². The van der Waals surface area contributed by atoms with Crippen LogP contribution in [-0.2, 0) is 4.79 Å². The Balaban J connectivity index is 1.82. The third-order valence-corrected chi connectivity index (χ3v) is 4.14. The monoisotopic (exact) mass is 266 g/mol. The van der Waals surface area contributed by atoms with Crippen molar-refractivity contribution in [1.29, 1.82) is 0 Å². The van der Waals surface area contributed by atoms with Gasteiger partial charge in [-0.3, -0.25) is 9.59 Å². The van der Waals surface area contributed by atoms with Crippen molar-refractivity contribution in [1.82, 2.24) is 10.2 Å². The summed E-state index contributed by atoms with van der Waals surface area (Å²) in [5.41, 5.74) is 0. The molecule has 1 atom stereocenters. The zero-order valence-electron chi connectivity index (χ0n) is 10.5. The minimum Gasteiger partial charge on any atom is -0.342 e. The molecule has 2 heterocycles. The number of likely N-dealkylation sites (tertiary alicyclic amines) is 1. The van der Waals surface area contributed by atoms with E-state index < -0.39 is 0 Å². The average molecular weight is 266 g/mol. The van der Waals surface area contributed by atoms with Crippen molar-refractivity contribution in [2.75, 3.05) is 13.1 Å². The number of rotatable bonds is 3. The molecule has 1 fully saturated rings. The first-order chi connectivity index (χ1) is 8.68. The molecule has 5 heteroatoms. The zero-order chi connectivity index (χ0) is 13.0. The molecule has 1 saturated heterocycles. The molecule has 1 N–H and O–H groups in total. The molecule has 0 spiro atoms. The number of nitrogens with zero attached hydrogens (tertiary/aromatic N) is 1. The summed E-state index contributed by atoms with van der Waals surface area (Å²) in [5, 5.41) is 4.53. The average Bonchev–Trinajstić information content (AvgIpc) is 2.90. The van der Waals surface area contributed by atoms with Crippen molar-refractivity contribution >= 4 is 23.2 Å². The highest BCUT2D eigenvalue weighted by Gasteiger charge is 2.23. The Morgan fingerprint density at radius 2 is 2.33 bits per heavy atom. The zero-order valence-corrected chi connectivity index (χ0v) is 11.3. The third-order valence-electron chi connectivity index (χ3n) is 3.27. The summed E-state index contributed by atoms with van der Waals surface area (Å²) >= 11 is 1.38. The Hall–Kier alpha value is -1.36. The predicted molar refractivity (Wildman–Crippen MR) is 71.7 cm³/mol. The van der Waals surface area contributed by atoms with Crippen molar-refractivity contribution in [2.24, 2.45) is 0 Å². The van der Waals surface area contributed by atoms with Crippen LogP contribution in [0.3, 0.4) is 0 Å². The number of carbonyl (C=O) groups is 2. The Kier molecular flexibility index (Phi) is 4.36. The standard InChI is InChI=1S/C13H18N2O2S/c1-10-5-2-3-7-15(10)12(16)9-14-13(17)11-6-4-8-18-11/h4,6,8,10H,2-3,5,7,9H2,1H3,(H,14,17). The van der Waals surface area contributed by atoms with Gasteiger partial charge in [-0.1, -0.05) is 6.07 Å². The van der Waals surface area contributed by atoms with Crippen LogP contribution in [-0.4, -0.2) is 35.8 Å². The molecule has 4 nitrogen and oxygen atoms in total. The normalized spacial score (nSPS) is 19.6. The molecule has 0 radical (unpaired) electrons. The second kappa shape index (κ2) is 6.00. The lowest BCUT2D eigenvalue weighted by molar-refractivity contribution is -0.133. The maximum atomic E-state index is 12.0. The largest absolute Gasteiger partial charge is 0.342 e. The highest BCUT2D eigenvalue weighted by molar-refractivity contribution is 7.12. The number of carbonyl (C=O) groups excluding carboxylic acids is 2. The van der Waals surface area contributed by atoms with Gasteiger partial charge in [0.15, 0.2) is 0 Å². The summed E-state index contributed by atoms with van der Waals surface area (Å²) in [6.07, 6.45) is 3.31. The highest BCUT2D eigenvalue weighted by Crippen LogP contribution is 2.16. The Labute approximate surface area is 111 Å². The number of thiophene rings is 1. The summed E-state index contributed by atoms with van der Waals surface area (Å²) < 4.78 is 0. The first-order valence-electron chi connectivity index (χ1n) is 6.29. The van der Waals surface area contributed by atoms with E-state index in [9.17, 15) is 9.59 Å². The minimum absolute atomic E-state index is 0.0205. The van der Waals surface area contributed by atoms with Crippen molar-refractivity contribution in [3.05, 3.63) is 22.4 Å². The van der Waals surface area contributed by atoms with E-state index in [1.807, 2.05) is 16.3 Å². The SMILES string of the molecule is CC1CCCCN1C(=O)CNC(=O)c1cccs1. The molecule has 0 aromatic carbocycles. The van der Waals surface area contributed by atoms with Crippen molar-refractivity contribution < 1.29 is 9.59 Å². The van der Waals surface area contributed by atoms with Gasteiger partial charge in [-0.25, -0.2) is 0 Å². The van der Waals surface area contributed by atoms with Crippen LogP contribution in [0.25, 0.3) is 0 Å². The van der Waals surface area contributed by atoms with E-state index in [2.05, 4.69) is 12.2 Å². The molecule has 1 aromatic heterocycles. The Bertz CT molecular complexity index is 417.